The molecule has 1 aliphatic heterocycles. The Morgan fingerprint density at radius 1 is 1.30 bits per heavy atom. The monoisotopic (exact) mass is 362 g/mol. The van der Waals surface area contributed by atoms with Gasteiger partial charge in [-0.05, 0) is 50.1 Å². The highest BCUT2D eigenvalue weighted by molar-refractivity contribution is 5.93. The third kappa shape index (κ3) is 3.90. The Hall–Kier alpha value is -2.99. The molecule has 1 atom stereocenters. The van der Waals surface area contributed by atoms with E-state index in [1.807, 2.05) is 49.4 Å². The summed E-state index contributed by atoms with van der Waals surface area (Å²) in [6.45, 7) is 3.32. The molecule has 27 heavy (non-hydrogen) atoms. The Morgan fingerprint density at radius 2 is 2.15 bits per heavy atom. The van der Waals surface area contributed by atoms with Gasteiger partial charge in [0.05, 0.1) is 17.5 Å². The molecule has 0 bridgehead atoms. The van der Waals surface area contributed by atoms with Crippen molar-refractivity contribution < 1.29 is 9.53 Å². The zero-order chi connectivity index (χ0) is 18.6. The summed E-state index contributed by atoms with van der Waals surface area (Å²) in [4.78, 5) is 16.8. The maximum absolute atomic E-state index is 12.6. The van der Waals surface area contributed by atoms with E-state index >= 15 is 0 Å². The van der Waals surface area contributed by atoms with Crippen molar-refractivity contribution in [1.29, 1.82) is 0 Å². The van der Waals surface area contributed by atoms with E-state index in [0.29, 0.717) is 12.2 Å². The van der Waals surface area contributed by atoms with Gasteiger partial charge in [-0.15, -0.1) is 0 Å². The highest BCUT2D eigenvalue weighted by atomic mass is 16.5. The summed E-state index contributed by atoms with van der Waals surface area (Å²) in [5, 5.41) is 7.51. The zero-order valence-electron chi connectivity index (χ0n) is 15.3. The highest BCUT2D eigenvalue weighted by Crippen LogP contribution is 2.23. The van der Waals surface area contributed by atoms with Gasteiger partial charge in [0.2, 0.25) is 0 Å². The average Bonchev–Trinajstić information content (AvgIpc) is 3.37. The van der Waals surface area contributed by atoms with E-state index in [1.165, 1.54) is 5.56 Å². The van der Waals surface area contributed by atoms with Crippen LogP contribution >= 0.6 is 0 Å². The lowest BCUT2D eigenvalue weighted by molar-refractivity contribution is 0.0853. The van der Waals surface area contributed by atoms with Gasteiger partial charge in [0.25, 0.3) is 5.91 Å². The summed E-state index contributed by atoms with van der Waals surface area (Å²) in [6, 6.07) is 13.7. The van der Waals surface area contributed by atoms with E-state index in [0.717, 1.165) is 36.4 Å². The molecular weight excluding hydrogens is 340 g/mol. The van der Waals surface area contributed by atoms with Crippen molar-refractivity contribution in [2.75, 3.05) is 13.2 Å². The average molecular weight is 362 g/mol. The van der Waals surface area contributed by atoms with Crippen LogP contribution in [0.5, 0.6) is 0 Å². The molecule has 1 aliphatic rings. The molecule has 1 fully saturated rings. The number of carbonyl (C=O) groups is 1. The highest BCUT2D eigenvalue weighted by Gasteiger charge is 2.20. The molecule has 1 N–H and O–H groups in total. The van der Waals surface area contributed by atoms with Crippen LogP contribution in [-0.2, 0) is 4.74 Å². The molecule has 0 unspecified atom stereocenters. The number of ether oxygens (including phenoxy) is 1. The Balaban J connectivity index is 1.64. The fourth-order valence-corrected chi connectivity index (χ4v) is 3.20. The van der Waals surface area contributed by atoms with Crippen molar-refractivity contribution in [3.8, 4) is 16.9 Å². The minimum atomic E-state index is -0.193. The second-order valence-corrected chi connectivity index (χ2v) is 6.75. The molecule has 2 aromatic heterocycles. The molecule has 0 saturated carbocycles. The van der Waals surface area contributed by atoms with Crippen molar-refractivity contribution >= 4 is 5.91 Å². The van der Waals surface area contributed by atoms with Crippen LogP contribution in [-0.4, -0.2) is 39.9 Å². The van der Waals surface area contributed by atoms with Crippen molar-refractivity contribution in [3.63, 3.8) is 0 Å². The van der Waals surface area contributed by atoms with Gasteiger partial charge in [0, 0.05) is 31.1 Å². The predicted octanol–water partition coefficient (Wildman–Crippen LogP) is 3.15. The first-order valence-electron chi connectivity index (χ1n) is 9.18. The number of hydrogen-bond donors (Lipinski definition) is 1. The fourth-order valence-electron chi connectivity index (χ4n) is 3.20. The fraction of sp³-hybridized carbons (Fsp3) is 0.286. The maximum Gasteiger partial charge on any atom is 0.271 e. The normalized spacial score (nSPS) is 16.4. The topological polar surface area (TPSA) is 69.0 Å². The Morgan fingerprint density at radius 3 is 2.85 bits per heavy atom. The molecule has 4 rings (SSSR count). The van der Waals surface area contributed by atoms with Crippen molar-refractivity contribution in [1.82, 2.24) is 20.1 Å². The van der Waals surface area contributed by atoms with Crippen LogP contribution in [0.1, 0.15) is 28.9 Å². The third-order valence-corrected chi connectivity index (χ3v) is 4.69. The second-order valence-electron chi connectivity index (χ2n) is 6.75. The number of amides is 1. The Labute approximate surface area is 158 Å². The zero-order valence-corrected chi connectivity index (χ0v) is 15.3. The summed E-state index contributed by atoms with van der Waals surface area (Å²) in [7, 11) is 0. The number of nitrogens with one attached hydrogen (secondary N) is 1. The van der Waals surface area contributed by atoms with Crippen LogP contribution in [0.4, 0.5) is 0 Å². The second kappa shape index (κ2) is 7.72. The number of benzene rings is 1. The van der Waals surface area contributed by atoms with Gasteiger partial charge < -0.3 is 10.1 Å². The van der Waals surface area contributed by atoms with Gasteiger partial charge in [0.1, 0.15) is 0 Å². The molecule has 6 nitrogen and oxygen atoms in total. The van der Waals surface area contributed by atoms with Gasteiger partial charge in [-0.3, -0.25) is 9.78 Å². The van der Waals surface area contributed by atoms with Crippen LogP contribution in [0.3, 0.4) is 0 Å². The smallest absolute Gasteiger partial charge is 0.271 e. The summed E-state index contributed by atoms with van der Waals surface area (Å²) in [5.41, 5.74) is 4.19. The van der Waals surface area contributed by atoms with E-state index in [-0.39, 0.29) is 12.0 Å². The van der Waals surface area contributed by atoms with Crippen LogP contribution in [0, 0.1) is 6.92 Å². The quantitative estimate of drug-likeness (QED) is 0.757. The summed E-state index contributed by atoms with van der Waals surface area (Å²) in [5.74, 6) is -0.193. The SMILES string of the molecule is Cc1ccc(-n2nc(C(=O)NC[C@H]3CCCO3)cc2-c2cccnc2)cc1. The number of rotatable bonds is 5. The Bertz CT molecular complexity index is 913. The van der Waals surface area contributed by atoms with Gasteiger partial charge >= 0.3 is 0 Å². The van der Waals surface area contributed by atoms with Crippen molar-refractivity contribution in [2.45, 2.75) is 25.9 Å². The number of pyridine rings is 1. The lowest BCUT2D eigenvalue weighted by Gasteiger charge is -2.09. The minimum absolute atomic E-state index is 0.103. The van der Waals surface area contributed by atoms with Crippen LogP contribution in [0.15, 0.2) is 54.9 Å². The number of aryl methyl sites for hydroxylation is 1. The van der Waals surface area contributed by atoms with Gasteiger partial charge in [0.15, 0.2) is 5.69 Å². The van der Waals surface area contributed by atoms with Crippen molar-refractivity contribution in [2.24, 2.45) is 0 Å². The van der Waals surface area contributed by atoms with Crippen LogP contribution in [0.25, 0.3) is 16.9 Å². The lowest BCUT2D eigenvalue weighted by atomic mass is 10.2. The molecule has 1 saturated heterocycles. The molecule has 1 aromatic carbocycles. The number of hydrogen-bond acceptors (Lipinski definition) is 4. The molecule has 0 radical (unpaired) electrons. The number of aromatic nitrogens is 3. The van der Waals surface area contributed by atoms with Gasteiger partial charge in [-0.2, -0.15) is 5.10 Å². The number of carbonyl (C=O) groups excluding carboxylic acids is 1. The van der Waals surface area contributed by atoms with E-state index in [9.17, 15) is 4.79 Å². The van der Waals surface area contributed by atoms with E-state index in [1.54, 1.807) is 17.1 Å². The van der Waals surface area contributed by atoms with E-state index in [4.69, 9.17) is 4.74 Å². The largest absolute Gasteiger partial charge is 0.376 e. The molecule has 0 aliphatic carbocycles. The third-order valence-electron chi connectivity index (χ3n) is 4.69. The van der Waals surface area contributed by atoms with Gasteiger partial charge in [-0.1, -0.05) is 17.7 Å². The first kappa shape index (κ1) is 17.4. The lowest BCUT2D eigenvalue weighted by Crippen LogP contribution is -2.32. The summed E-state index contributed by atoms with van der Waals surface area (Å²) in [6.07, 6.45) is 5.64. The number of nitrogens with zero attached hydrogens (tertiary/aromatic N) is 3. The van der Waals surface area contributed by atoms with Crippen molar-refractivity contribution in [3.05, 3.63) is 66.1 Å². The molecule has 6 heteroatoms. The molecule has 3 heterocycles. The summed E-state index contributed by atoms with van der Waals surface area (Å²) >= 11 is 0. The molecular formula is C21H22N4O2. The van der Waals surface area contributed by atoms with Gasteiger partial charge in [-0.25, -0.2) is 4.68 Å². The Kier molecular flexibility index (Phi) is 4.98. The van der Waals surface area contributed by atoms with E-state index in [2.05, 4.69) is 15.4 Å². The molecule has 3 aromatic rings. The first-order valence-corrected chi connectivity index (χ1v) is 9.18. The summed E-state index contributed by atoms with van der Waals surface area (Å²) < 4.78 is 7.36. The van der Waals surface area contributed by atoms with Crippen LogP contribution < -0.4 is 5.32 Å². The van der Waals surface area contributed by atoms with Crippen LogP contribution in [0.2, 0.25) is 0 Å². The first-order chi connectivity index (χ1) is 13.2. The standard InChI is InChI=1S/C21H22N4O2/c1-15-6-8-17(9-7-15)25-20(16-4-2-10-22-13-16)12-19(24-25)21(26)23-14-18-5-3-11-27-18/h2,4,6-10,12-13,18H,3,5,11,14H2,1H3,(H,23,26)/t18-/m1/s1. The van der Waals surface area contributed by atoms with E-state index < -0.39 is 0 Å². The maximum atomic E-state index is 12.6. The molecule has 138 valence electrons. The predicted molar refractivity (Wildman–Crippen MR) is 103 cm³/mol. The molecule has 0 spiro atoms. The molecule has 1 amide bonds. The minimum Gasteiger partial charge on any atom is -0.376 e.